The quantitative estimate of drug-likeness (QED) is 0.329. The normalized spacial score (nSPS) is 14.3. The van der Waals surface area contributed by atoms with E-state index in [9.17, 15) is 4.57 Å². The maximum Gasteiger partial charge on any atom is 0.408 e. The smallest absolute Gasteiger partial charge is 0.297 e. The van der Waals surface area contributed by atoms with Gasteiger partial charge < -0.3 is 0 Å². The minimum atomic E-state index is -3.24. The minimum absolute atomic E-state index is 0.125. The summed E-state index contributed by atoms with van der Waals surface area (Å²) < 4.78 is 27.2. The molecular weight excluding hydrogens is 341 g/mol. The lowest BCUT2D eigenvalue weighted by atomic mass is 10.3. The van der Waals surface area contributed by atoms with Crippen LogP contribution in [0, 0.1) is 0 Å². The van der Waals surface area contributed by atoms with Crippen LogP contribution in [-0.2, 0) is 13.6 Å². The first-order valence-corrected chi connectivity index (χ1v) is 17.8. The zero-order valence-corrected chi connectivity index (χ0v) is 20.0. The lowest BCUT2D eigenvalue weighted by Gasteiger charge is -2.36. The molecule has 0 saturated heterocycles. The average Bonchev–Trinajstić information content (AvgIpc) is 2.23. The molecule has 7 heteroatoms. The Morgan fingerprint density at radius 2 is 1.09 bits per heavy atom. The van der Waals surface area contributed by atoms with E-state index in [4.69, 9.17) is 9.05 Å². The van der Waals surface area contributed by atoms with Gasteiger partial charge in [0.05, 0.1) is 13.2 Å². The van der Waals surface area contributed by atoms with Crippen molar-refractivity contribution >= 4 is 23.9 Å². The van der Waals surface area contributed by atoms with Gasteiger partial charge >= 0.3 is 7.75 Å². The molecule has 0 fully saturated rings. The van der Waals surface area contributed by atoms with E-state index in [1.54, 1.807) is 0 Å². The van der Waals surface area contributed by atoms with Crippen LogP contribution < -0.4 is 0 Å². The third-order valence-electron chi connectivity index (χ3n) is 3.55. The summed E-state index contributed by atoms with van der Waals surface area (Å²) in [6.45, 7) is 23.1. The monoisotopic (exact) mass is 381 g/mol. The van der Waals surface area contributed by atoms with E-state index in [0.717, 1.165) is 12.1 Å². The Balaban J connectivity index is 5.06. The van der Waals surface area contributed by atoms with Gasteiger partial charge in [-0.15, -0.1) is 0 Å². The molecule has 4 nitrogen and oxygen atoms in total. The van der Waals surface area contributed by atoms with Gasteiger partial charge in [-0.3, -0.25) is 9.05 Å². The number of nitrogens with zero attached hydrogens (tertiary/aromatic N) is 1. The summed E-state index contributed by atoms with van der Waals surface area (Å²) in [5.41, 5.74) is 0. The fourth-order valence-electron chi connectivity index (χ4n) is 2.27. The van der Waals surface area contributed by atoms with Crippen molar-refractivity contribution < 1.29 is 13.6 Å². The highest BCUT2D eigenvalue weighted by Crippen LogP contribution is 2.54. The number of rotatable bonds is 11. The van der Waals surface area contributed by atoms with Gasteiger partial charge in [0.1, 0.15) is 0 Å². The predicted molar refractivity (Wildman–Crippen MR) is 108 cm³/mol. The molecule has 0 bridgehead atoms. The molecule has 0 aromatic carbocycles. The Kier molecular flexibility index (Phi) is 9.52. The second kappa shape index (κ2) is 9.30. The van der Waals surface area contributed by atoms with E-state index in [-0.39, 0.29) is 12.1 Å². The molecule has 0 spiro atoms. The Bertz CT molecular complexity index is 358. The second-order valence-corrected chi connectivity index (χ2v) is 22.5. The van der Waals surface area contributed by atoms with Crippen LogP contribution in [0.2, 0.25) is 51.4 Å². The first-order valence-electron chi connectivity index (χ1n) is 8.86. The molecule has 0 rings (SSSR count). The molecule has 0 saturated carbocycles. The van der Waals surface area contributed by atoms with Crippen LogP contribution in [0.15, 0.2) is 0 Å². The molecular formula is C16H40NO3PSi2. The summed E-state index contributed by atoms with van der Waals surface area (Å²) in [6, 6.07) is 2.25. The van der Waals surface area contributed by atoms with Crippen molar-refractivity contribution in [1.82, 2.24) is 4.67 Å². The van der Waals surface area contributed by atoms with Crippen LogP contribution in [0.5, 0.6) is 0 Å². The van der Waals surface area contributed by atoms with Crippen LogP contribution >= 0.6 is 7.75 Å². The van der Waals surface area contributed by atoms with E-state index in [0.29, 0.717) is 13.2 Å². The van der Waals surface area contributed by atoms with Crippen LogP contribution in [0.4, 0.5) is 0 Å². The third kappa shape index (κ3) is 10.2. The van der Waals surface area contributed by atoms with Crippen LogP contribution in [0.25, 0.3) is 0 Å². The van der Waals surface area contributed by atoms with Crippen molar-refractivity contribution in [3.8, 4) is 0 Å². The third-order valence-corrected chi connectivity index (χ3v) is 9.47. The van der Waals surface area contributed by atoms with Crippen molar-refractivity contribution in [2.75, 3.05) is 13.2 Å². The lowest BCUT2D eigenvalue weighted by molar-refractivity contribution is 0.139. The highest BCUT2D eigenvalue weighted by atomic mass is 31.2. The molecule has 0 aliphatic carbocycles. The molecule has 0 unspecified atom stereocenters. The average molecular weight is 382 g/mol. The molecule has 0 radical (unpaired) electrons. The first-order chi connectivity index (χ1) is 10.2. The van der Waals surface area contributed by atoms with Gasteiger partial charge in [0.2, 0.25) is 0 Å². The minimum Gasteiger partial charge on any atom is -0.297 e. The van der Waals surface area contributed by atoms with Crippen LogP contribution in [0.1, 0.15) is 27.7 Å². The molecule has 0 aromatic heterocycles. The molecule has 0 N–H and O–H groups in total. The fraction of sp³-hybridized carbons (Fsp3) is 1.00. The first kappa shape index (κ1) is 23.5. The molecule has 0 amide bonds. The summed E-state index contributed by atoms with van der Waals surface area (Å²) >= 11 is 0. The van der Waals surface area contributed by atoms with Crippen molar-refractivity contribution in [3.05, 3.63) is 0 Å². The van der Waals surface area contributed by atoms with Gasteiger partial charge in [0.15, 0.2) is 0 Å². The van der Waals surface area contributed by atoms with E-state index < -0.39 is 23.9 Å². The summed E-state index contributed by atoms with van der Waals surface area (Å²) in [5.74, 6) is 0. The zero-order chi connectivity index (χ0) is 18.5. The van der Waals surface area contributed by atoms with E-state index in [1.807, 2.05) is 4.67 Å². The van der Waals surface area contributed by atoms with E-state index >= 15 is 0 Å². The Morgan fingerprint density at radius 1 is 0.783 bits per heavy atom. The van der Waals surface area contributed by atoms with Gasteiger partial charge in [-0.2, -0.15) is 0 Å². The Hall–Kier alpha value is 0.544. The number of hydrogen-bond donors (Lipinski definition) is 0. The summed E-state index contributed by atoms with van der Waals surface area (Å²) in [4.78, 5) is 0. The van der Waals surface area contributed by atoms with Crippen molar-refractivity contribution in [3.63, 3.8) is 0 Å². The Morgan fingerprint density at radius 3 is 1.30 bits per heavy atom. The lowest BCUT2D eigenvalue weighted by Crippen LogP contribution is -2.36. The van der Waals surface area contributed by atoms with Gasteiger partial charge in [0.25, 0.3) is 0 Å². The van der Waals surface area contributed by atoms with Crippen molar-refractivity contribution in [2.24, 2.45) is 0 Å². The van der Waals surface area contributed by atoms with Gasteiger partial charge in [-0.05, 0) is 39.8 Å². The van der Waals surface area contributed by atoms with Gasteiger partial charge in [-0.25, -0.2) is 9.24 Å². The molecule has 0 heterocycles. The summed E-state index contributed by atoms with van der Waals surface area (Å²) in [7, 11) is -5.68. The largest absolute Gasteiger partial charge is 0.408 e. The Labute approximate surface area is 146 Å². The highest BCUT2D eigenvalue weighted by Gasteiger charge is 2.38. The molecule has 23 heavy (non-hydrogen) atoms. The molecule has 0 atom stereocenters. The predicted octanol–water partition coefficient (Wildman–Crippen LogP) is 5.92. The van der Waals surface area contributed by atoms with Crippen LogP contribution in [0.3, 0.4) is 0 Å². The molecule has 0 aromatic rings. The summed E-state index contributed by atoms with van der Waals surface area (Å²) in [6.07, 6.45) is 0. The molecule has 140 valence electrons. The topological polar surface area (TPSA) is 38.8 Å². The van der Waals surface area contributed by atoms with Crippen molar-refractivity contribution in [2.45, 2.75) is 91.1 Å². The summed E-state index contributed by atoms with van der Waals surface area (Å²) in [5, 5.41) is 0. The number of hydrogen-bond acceptors (Lipinski definition) is 3. The standard InChI is InChI=1S/C16H40NO3PSi2/c1-15(2)17(16(3)4)21(18,19-11-13-22(5,6)7)20-12-14-23(8,9)10/h15-16H,11-14H2,1-10H3. The second-order valence-electron chi connectivity index (χ2n) is 9.32. The van der Waals surface area contributed by atoms with Crippen LogP contribution in [-0.4, -0.2) is 46.1 Å². The van der Waals surface area contributed by atoms with E-state index in [1.165, 1.54) is 0 Å². The SMILES string of the molecule is CC(C)N(C(C)C)P(=O)(OCC[Si](C)(C)C)OCC[Si](C)(C)C. The maximum absolute atomic E-state index is 13.5. The maximum atomic E-state index is 13.5. The zero-order valence-electron chi connectivity index (χ0n) is 17.1. The van der Waals surface area contributed by atoms with Crippen molar-refractivity contribution in [1.29, 1.82) is 0 Å². The molecule has 0 aliphatic heterocycles. The van der Waals surface area contributed by atoms with E-state index in [2.05, 4.69) is 67.0 Å². The highest BCUT2D eigenvalue weighted by molar-refractivity contribution is 7.51. The van der Waals surface area contributed by atoms with Gasteiger partial charge in [0, 0.05) is 28.2 Å². The fourth-order valence-corrected chi connectivity index (χ4v) is 6.16. The van der Waals surface area contributed by atoms with Gasteiger partial charge in [-0.1, -0.05) is 39.3 Å². The molecule has 0 aliphatic rings.